The van der Waals surface area contributed by atoms with Crippen molar-refractivity contribution in [2.45, 2.75) is 5.38 Å². The Kier molecular flexibility index (Phi) is 4.12. The largest absolute Gasteiger partial charge is 0.322 e. The number of benzene rings is 2. The van der Waals surface area contributed by atoms with Crippen LogP contribution in [0.2, 0.25) is 0 Å². The Hall–Kier alpha value is -1.94. The van der Waals surface area contributed by atoms with Crippen LogP contribution in [-0.2, 0) is 4.79 Å². The van der Waals surface area contributed by atoms with Crippen molar-refractivity contribution >= 4 is 23.2 Å². The maximum Gasteiger partial charge on any atom is 0.247 e. The molecule has 0 bridgehead atoms. The van der Waals surface area contributed by atoms with Gasteiger partial charge in [0.25, 0.3) is 0 Å². The van der Waals surface area contributed by atoms with Gasteiger partial charge in [0.05, 0.1) is 5.69 Å². The molecule has 2 aromatic rings. The molecule has 1 atom stereocenters. The molecule has 0 aliphatic carbocycles. The van der Waals surface area contributed by atoms with Gasteiger partial charge in [-0.15, -0.1) is 11.6 Å². The Morgan fingerprint density at radius 3 is 2.42 bits per heavy atom. The molecule has 0 heterocycles. The van der Waals surface area contributed by atoms with Crippen molar-refractivity contribution in [3.05, 3.63) is 65.7 Å². The summed E-state index contributed by atoms with van der Waals surface area (Å²) in [4.78, 5) is 11.8. The minimum atomic E-state index is -0.939. The van der Waals surface area contributed by atoms with Crippen LogP contribution in [0.5, 0.6) is 0 Å². The quantitative estimate of drug-likeness (QED) is 0.850. The third kappa shape index (κ3) is 3.29. The van der Waals surface area contributed by atoms with E-state index in [1.54, 1.807) is 30.3 Å². The van der Waals surface area contributed by atoms with E-state index in [9.17, 15) is 13.6 Å². The topological polar surface area (TPSA) is 29.1 Å². The van der Waals surface area contributed by atoms with E-state index in [-0.39, 0.29) is 5.69 Å². The van der Waals surface area contributed by atoms with Gasteiger partial charge in [0.1, 0.15) is 17.0 Å². The molecule has 0 radical (unpaired) electrons. The zero-order chi connectivity index (χ0) is 13.8. The molecule has 2 rings (SSSR count). The zero-order valence-electron chi connectivity index (χ0n) is 9.74. The summed E-state index contributed by atoms with van der Waals surface area (Å²) < 4.78 is 26.1. The van der Waals surface area contributed by atoms with Crippen LogP contribution in [0.3, 0.4) is 0 Å². The molecule has 19 heavy (non-hydrogen) atoms. The van der Waals surface area contributed by atoms with Gasteiger partial charge in [-0.25, -0.2) is 8.78 Å². The first-order valence-electron chi connectivity index (χ1n) is 5.53. The second-order valence-electron chi connectivity index (χ2n) is 3.89. The summed E-state index contributed by atoms with van der Waals surface area (Å²) >= 11 is 5.98. The molecule has 0 saturated carbocycles. The molecule has 2 nitrogen and oxygen atoms in total. The van der Waals surface area contributed by atoms with E-state index in [2.05, 4.69) is 5.32 Å². The molecule has 5 heteroatoms. The van der Waals surface area contributed by atoms with Crippen LogP contribution in [0, 0.1) is 11.6 Å². The molecule has 1 amide bonds. The number of hydrogen-bond acceptors (Lipinski definition) is 1. The maximum absolute atomic E-state index is 13.4. The summed E-state index contributed by atoms with van der Waals surface area (Å²) in [7, 11) is 0. The van der Waals surface area contributed by atoms with Crippen LogP contribution >= 0.6 is 11.6 Å². The average molecular weight is 282 g/mol. The number of hydrogen-bond donors (Lipinski definition) is 1. The van der Waals surface area contributed by atoms with Gasteiger partial charge < -0.3 is 5.32 Å². The Balaban J connectivity index is 2.13. The van der Waals surface area contributed by atoms with E-state index in [4.69, 9.17) is 11.6 Å². The van der Waals surface area contributed by atoms with Crippen molar-refractivity contribution in [2.75, 3.05) is 5.32 Å². The smallest absolute Gasteiger partial charge is 0.247 e. The molecule has 0 aliphatic rings. The number of rotatable bonds is 3. The van der Waals surface area contributed by atoms with Crippen molar-refractivity contribution in [2.24, 2.45) is 0 Å². The lowest BCUT2D eigenvalue weighted by Gasteiger charge is -2.11. The molecule has 0 aromatic heterocycles. The van der Waals surface area contributed by atoms with E-state index in [1.165, 1.54) is 0 Å². The van der Waals surface area contributed by atoms with Gasteiger partial charge in [0.15, 0.2) is 0 Å². The number of nitrogens with one attached hydrogen (secondary N) is 1. The second kappa shape index (κ2) is 5.80. The predicted molar refractivity (Wildman–Crippen MR) is 70.0 cm³/mol. The lowest BCUT2D eigenvalue weighted by atomic mass is 10.1. The van der Waals surface area contributed by atoms with Gasteiger partial charge in [-0.3, -0.25) is 4.79 Å². The fourth-order valence-electron chi connectivity index (χ4n) is 1.56. The number of amides is 1. The molecule has 2 aromatic carbocycles. The van der Waals surface area contributed by atoms with E-state index >= 15 is 0 Å². The van der Waals surface area contributed by atoms with E-state index in [0.717, 1.165) is 12.1 Å². The van der Waals surface area contributed by atoms with Crippen molar-refractivity contribution in [1.29, 1.82) is 0 Å². The first-order valence-corrected chi connectivity index (χ1v) is 5.96. The predicted octanol–water partition coefficient (Wildman–Crippen LogP) is 3.88. The Bertz CT molecular complexity index is 589. The molecule has 0 spiro atoms. The standard InChI is InChI=1S/C14H10ClF2NO/c15-13(9-4-2-1-3-5-9)14(19)18-12-7-6-10(16)8-11(12)17/h1-8,13H,(H,18,19). The summed E-state index contributed by atoms with van der Waals surface area (Å²) in [6, 6.07) is 11.6. The summed E-state index contributed by atoms with van der Waals surface area (Å²) in [5.41, 5.74) is 0.497. The first-order chi connectivity index (χ1) is 9.08. The molecular weight excluding hydrogens is 272 g/mol. The Morgan fingerprint density at radius 1 is 1.11 bits per heavy atom. The van der Waals surface area contributed by atoms with Crippen molar-refractivity contribution in [1.82, 2.24) is 0 Å². The monoisotopic (exact) mass is 281 g/mol. The fraction of sp³-hybridized carbons (Fsp3) is 0.0714. The van der Waals surface area contributed by atoms with Gasteiger partial charge in [-0.05, 0) is 17.7 Å². The second-order valence-corrected chi connectivity index (χ2v) is 4.32. The highest BCUT2D eigenvalue weighted by Crippen LogP contribution is 2.23. The van der Waals surface area contributed by atoms with Crippen LogP contribution in [0.25, 0.3) is 0 Å². The normalized spacial score (nSPS) is 11.9. The fourth-order valence-corrected chi connectivity index (χ4v) is 1.76. The highest BCUT2D eigenvalue weighted by atomic mass is 35.5. The zero-order valence-corrected chi connectivity index (χ0v) is 10.5. The van der Waals surface area contributed by atoms with Crippen molar-refractivity contribution in [3.8, 4) is 0 Å². The van der Waals surface area contributed by atoms with Crippen molar-refractivity contribution < 1.29 is 13.6 Å². The average Bonchev–Trinajstić information content (AvgIpc) is 2.42. The molecule has 0 fully saturated rings. The summed E-state index contributed by atoms with van der Waals surface area (Å²) in [6.07, 6.45) is 0. The molecule has 1 unspecified atom stereocenters. The highest BCUT2D eigenvalue weighted by Gasteiger charge is 2.18. The third-order valence-electron chi connectivity index (χ3n) is 2.51. The summed E-state index contributed by atoms with van der Waals surface area (Å²) in [5.74, 6) is -2.12. The molecular formula is C14H10ClF2NO. The lowest BCUT2D eigenvalue weighted by Crippen LogP contribution is -2.18. The van der Waals surface area contributed by atoms with Crippen LogP contribution in [0.1, 0.15) is 10.9 Å². The molecule has 98 valence electrons. The number of carbonyl (C=O) groups is 1. The summed E-state index contributed by atoms with van der Waals surface area (Å²) in [6.45, 7) is 0. The maximum atomic E-state index is 13.4. The molecule has 0 aliphatic heterocycles. The highest BCUT2D eigenvalue weighted by molar-refractivity contribution is 6.32. The van der Waals surface area contributed by atoms with Crippen LogP contribution in [-0.4, -0.2) is 5.91 Å². The first kappa shape index (κ1) is 13.5. The Labute approximate surface area is 114 Å². The van der Waals surface area contributed by atoms with Gasteiger partial charge in [0.2, 0.25) is 5.91 Å². The number of anilines is 1. The van der Waals surface area contributed by atoms with Crippen molar-refractivity contribution in [3.63, 3.8) is 0 Å². The van der Waals surface area contributed by atoms with Gasteiger partial charge >= 0.3 is 0 Å². The van der Waals surface area contributed by atoms with E-state index in [1.807, 2.05) is 0 Å². The van der Waals surface area contributed by atoms with Crippen LogP contribution in [0.4, 0.5) is 14.5 Å². The van der Waals surface area contributed by atoms with E-state index < -0.39 is 22.9 Å². The SMILES string of the molecule is O=C(Nc1ccc(F)cc1F)C(Cl)c1ccccc1. The van der Waals surface area contributed by atoms with Gasteiger partial charge in [0, 0.05) is 6.07 Å². The van der Waals surface area contributed by atoms with Crippen LogP contribution in [0.15, 0.2) is 48.5 Å². The van der Waals surface area contributed by atoms with E-state index in [0.29, 0.717) is 11.6 Å². The third-order valence-corrected chi connectivity index (χ3v) is 2.96. The Morgan fingerprint density at radius 2 is 1.79 bits per heavy atom. The van der Waals surface area contributed by atoms with Gasteiger partial charge in [-0.2, -0.15) is 0 Å². The molecule has 0 saturated heterocycles. The summed E-state index contributed by atoms with van der Waals surface area (Å²) in [5, 5.41) is 1.38. The minimum absolute atomic E-state index is 0.104. The van der Waals surface area contributed by atoms with Gasteiger partial charge in [-0.1, -0.05) is 30.3 Å². The molecule has 1 N–H and O–H groups in total. The minimum Gasteiger partial charge on any atom is -0.322 e. The number of carbonyl (C=O) groups excluding carboxylic acids is 1. The lowest BCUT2D eigenvalue weighted by molar-refractivity contribution is -0.116. The number of halogens is 3. The van der Waals surface area contributed by atoms with Crippen LogP contribution < -0.4 is 5.32 Å². The number of alkyl halides is 1.